The van der Waals surface area contributed by atoms with Crippen LogP contribution in [0.4, 0.5) is 10.5 Å². The minimum Gasteiger partial charge on any atom is -0.394 e. The molecule has 0 radical (unpaired) electrons. The maximum atomic E-state index is 12.3. The molecule has 1 aromatic carbocycles. The van der Waals surface area contributed by atoms with Gasteiger partial charge in [-0.05, 0) is 37.0 Å². The van der Waals surface area contributed by atoms with Gasteiger partial charge >= 0.3 is 6.03 Å². The molecule has 1 fully saturated rings. The molecule has 0 spiro atoms. The van der Waals surface area contributed by atoms with Crippen molar-refractivity contribution >= 4 is 11.7 Å². The van der Waals surface area contributed by atoms with Gasteiger partial charge in [-0.3, -0.25) is 0 Å². The second-order valence-electron chi connectivity index (χ2n) is 5.19. The number of urea groups is 1. The molecule has 1 aliphatic heterocycles. The Morgan fingerprint density at radius 1 is 1.60 bits per heavy atom. The number of piperidine rings is 1. The van der Waals surface area contributed by atoms with Gasteiger partial charge in [-0.15, -0.1) is 0 Å². The predicted molar refractivity (Wildman–Crippen MR) is 76.2 cm³/mol. The maximum absolute atomic E-state index is 12.3. The highest BCUT2D eigenvalue weighted by molar-refractivity contribution is 5.89. The summed E-state index contributed by atoms with van der Waals surface area (Å²) in [6.07, 6.45) is 1.97. The summed E-state index contributed by atoms with van der Waals surface area (Å²) in [5.74, 6) is 0.296. The van der Waals surface area contributed by atoms with E-state index in [9.17, 15) is 9.90 Å². The number of rotatable bonds is 2. The summed E-state index contributed by atoms with van der Waals surface area (Å²) in [6, 6.07) is 8.50. The highest BCUT2D eigenvalue weighted by atomic mass is 16.3. The lowest BCUT2D eigenvalue weighted by Crippen LogP contribution is -2.51. The first kappa shape index (κ1) is 14.4. The third-order valence-corrected chi connectivity index (χ3v) is 3.81. The van der Waals surface area contributed by atoms with E-state index in [1.54, 1.807) is 29.2 Å². The Morgan fingerprint density at radius 2 is 2.40 bits per heavy atom. The van der Waals surface area contributed by atoms with Gasteiger partial charge in [-0.1, -0.05) is 13.0 Å². The van der Waals surface area contributed by atoms with E-state index < -0.39 is 0 Å². The van der Waals surface area contributed by atoms with Crippen LogP contribution >= 0.6 is 0 Å². The molecule has 2 rings (SSSR count). The first-order valence-electron chi connectivity index (χ1n) is 6.84. The number of benzene rings is 1. The third-order valence-electron chi connectivity index (χ3n) is 3.81. The molecule has 2 N–H and O–H groups in total. The van der Waals surface area contributed by atoms with Crippen LogP contribution in [-0.2, 0) is 0 Å². The van der Waals surface area contributed by atoms with Crippen molar-refractivity contribution in [2.45, 2.75) is 25.8 Å². The molecule has 1 aliphatic rings. The molecule has 1 saturated heterocycles. The van der Waals surface area contributed by atoms with Crippen LogP contribution in [0.25, 0.3) is 0 Å². The van der Waals surface area contributed by atoms with E-state index in [2.05, 4.69) is 12.2 Å². The lowest BCUT2D eigenvalue weighted by Gasteiger charge is -2.38. The topological polar surface area (TPSA) is 76.4 Å². The largest absolute Gasteiger partial charge is 0.394 e. The fourth-order valence-electron chi connectivity index (χ4n) is 2.64. The van der Waals surface area contributed by atoms with Crippen LogP contribution < -0.4 is 5.32 Å². The minimum atomic E-state index is -0.217. The molecular weight excluding hydrogens is 254 g/mol. The van der Waals surface area contributed by atoms with Crippen molar-refractivity contribution < 1.29 is 9.90 Å². The molecule has 0 aromatic heterocycles. The SMILES string of the molecule is CC1CCCN(C(=O)Nc2cccc(C#N)c2)C1CO. The van der Waals surface area contributed by atoms with Crippen LogP contribution in [-0.4, -0.2) is 35.2 Å². The molecule has 1 heterocycles. The molecule has 0 bridgehead atoms. The molecule has 20 heavy (non-hydrogen) atoms. The van der Waals surface area contributed by atoms with Crippen LogP contribution in [0.2, 0.25) is 0 Å². The van der Waals surface area contributed by atoms with Crippen molar-refractivity contribution in [3.63, 3.8) is 0 Å². The third kappa shape index (κ3) is 3.09. The van der Waals surface area contributed by atoms with Gasteiger partial charge in [0, 0.05) is 12.2 Å². The summed E-state index contributed by atoms with van der Waals surface area (Å²) in [4.78, 5) is 14.0. The molecule has 2 amide bonds. The summed E-state index contributed by atoms with van der Waals surface area (Å²) in [6.45, 7) is 2.68. The Balaban J connectivity index is 2.08. The highest BCUT2D eigenvalue weighted by Crippen LogP contribution is 2.23. The fraction of sp³-hybridized carbons (Fsp3) is 0.467. The first-order valence-corrected chi connectivity index (χ1v) is 6.84. The van der Waals surface area contributed by atoms with E-state index in [1.165, 1.54) is 0 Å². The number of hydrogen-bond acceptors (Lipinski definition) is 3. The summed E-state index contributed by atoms with van der Waals surface area (Å²) in [5.41, 5.74) is 1.11. The zero-order valence-electron chi connectivity index (χ0n) is 11.5. The minimum absolute atomic E-state index is 0.0210. The Hall–Kier alpha value is -2.06. The zero-order valence-corrected chi connectivity index (χ0v) is 11.5. The van der Waals surface area contributed by atoms with Crippen LogP contribution in [0, 0.1) is 17.2 Å². The highest BCUT2D eigenvalue weighted by Gasteiger charge is 2.31. The number of carbonyl (C=O) groups excluding carboxylic acids is 1. The van der Waals surface area contributed by atoms with Crippen molar-refractivity contribution in [2.75, 3.05) is 18.5 Å². The summed E-state index contributed by atoms with van der Waals surface area (Å²) >= 11 is 0. The average molecular weight is 273 g/mol. The second-order valence-corrected chi connectivity index (χ2v) is 5.19. The van der Waals surface area contributed by atoms with Gasteiger partial charge in [0.25, 0.3) is 0 Å². The summed E-state index contributed by atoms with van der Waals surface area (Å²) in [5, 5.41) is 21.1. The lowest BCUT2D eigenvalue weighted by molar-refractivity contribution is 0.0811. The maximum Gasteiger partial charge on any atom is 0.322 e. The Labute approximate surface area is 118 Å². The number of hydrogen-bond donors (Lipinski definition) is 2. The van der Waals surface area contributed by atoms with Gasteiger partial charge in [-0.2, -0.15) is 5.26 Å². The Kier molecular flexibility index (Phi) is 4.59. The summed E-state index contributed by atoms with van der Waals surface area (Å²) in [7, 11) is 0. The van der Waals surface area contributed by atoms with Crippen LogP contribution in [0.3, 0.4) is 0 Å². The number of nitriles is 1. The predicted octanol–water partition coefficient (Wildman–Crippen LogP) is 2.18. The monoisotopic (exact) mass is 273 g/mol. The van der Waals surface area contributed by atoms with Gasteiger partial charge in [-0.25, -0.2) is 4.79 Å². The van der Waals surface area contributed by atoms with Crippen LogP contribution in [0.1, 0.15) is 25.3 Å². The van der Waals surface area contributed by atoms with Gasteiger partial charge in [0.2, 0.25) is 0 Å². The van der Waals surface area contributed by atoms with E-state index in [1.807, 2.05) is 6.07 Å². The molecular formula is C15H19N3O2. The first-order chi connectivity index (χ1) is 9.65. The number of likely N-dealkylation sites (tertiary alicyclic amines) is 1. The lowest BCUT2D eigenvalue weighted by atomic mass is 9.91. The van der Waals surface area contributed by atoms with Crippen molar-refractivity contribution in [3.8, 4) is 6.07 Å². The van der Waals surface area contributed by atoms with Crippen molar-refractivity contribution in [3.05, 3.63) is 29.8 Å². The van der Waals surface area contributed by atoms with Gasteiger partial charge in [0.1, 0.15) is 0 Å². The standard InChI is InChI=1S/C15H19N3O2/c1-11-4-3-7-18(14(11)10-19)15(20)17-13-6-2-5-12(8-13)9-16/h2,5-6,8,11,14,19H,3-4,7,10H2,1H3,(H,17,20). The quantitative estimate of drug-likeness (QED) is 0.867. The van der Waals surface area contributed by atoms with Crippen molar-refractivity contribution in [2.24, 2.45) is 5.92 Å². The van der Waals surface area contributed by atoms with E-state index in [0.29, 0.717) is 23.7 Å². The average Bonchev–Trinajstić information content (AvgIpc) is 2.47. The van der Waals surface area contributed by atoms with E-state index in [0.717, 1.165) is 12.8 Å². The summed E-state index contributed by atoms with van der Waals surface area (Å²) < 4.78 is 0. The fourth-order valence-corrected chi connectivity index (χ4v) is 2.64. The molecule has 2 unspecified atom stereocenters. The molecule has 2 atom stereocenters. The van der Waals surface area contributed by atoms with Gasteiger partial charge < -0.3 is 15.3 Å². The van der Waals surface area contributed by atoms with Gasteiger partial charge in [0.15, 0.2) is 0 Å². The number of nitrogens with zero attached hydrogens (tertiary/aromatic N) is 2. The van der Waals surface area contributed by atoms with E-state index >= 15 is 0 Å². The van der Waals surface area contributed by atoms with Crippen molar-refractivity contribution in [1.29, 1.82) is 5.26 Å². The molecule has 0 aliphatic carbocycles. The molecule has 5 nitrogen and oxygen atoms in total. The normalized spacial score (nSPS) is 22.1. The van der Waals surface area contributed by atoms with Crippen LogP contribution in [0.5, 0.6) is 0 Å². The Morgan fingerprint density at radius 3 is 3.10 bits per heavy atom. The number of carbonyl (C=O) groups is 1. The molecule has 0 saturated carbocycles. The van der Waals surface area contributed by atoms with Crippen molar-refractivity contribution in [1.82, 2.24) is 4.90 Å². The van der Waals surface area contributed by atoms with Crippen LogP contribution in [0.15, 0.2) is 24.3 Å². The number of aliphatic hydroxyl groups is 1. The number of aliphatic hydroxyl groups excluding tert-OH is 1. The molecule has 106 valence electrons. The number of amides is 2. The Bertz CT molecular complexity index is 524. The molecule has 1 aromatic rings. The smallest absolute Gasteiger partial charge is 0.322 e. The number of anilines is 1. The van der Waals surface area contributed by atoms with Gasteiger partial charge in [0.05, 0.1) is 24.3 Å². The number of nitrogens with one attached hydrogen (secondary N) is 1. The zero-order chi connectivity index (χ0) is 14.5. The molecule has 5 heteroatoms. The van der Waals surface area contributed by atoms with E-state index in [-0.39, 0.29) is 18.7 Å². The second kappa shape index (κ2) is 6.40. The van der Waals surface area contributed by atoms with E-state index in [4.69, 9.17) is 5.26 Å².